The van der Waals surface area contributed by atoms with Crippen LogP contribution in [0.25, 0.3) is 11.4 Å². The molecular formula is C23H26N4O. The van der Waals surface area contributed by atoms with E-state index in [0.29, 0.717) is 24.6 Å². The summed E-state index contributed by atoms with van der Waals surface area (Å²) < 4.78 is 0. The van der Waals surface area contributed by atoms with Gasteiger partial charge in [-0.2, -0.15) is 0 Å². The third-order valence-electron chi connectivity index (χ3n) is 4.68. The molecule has 0 bridgehead atoms. The highest BCUT2D eigenvalue weighted by atomic mass is 16.2. The summed E-state index contributed by atoms with van der Waals surface area (Å²) >= 11 is 0. The highest BCUT2D eigenvalue weighted by Crippen LogP contribution is 2.26. The maximum absolute atomic E-state index is 13.0. The van der Waals surface area contributed by atoms with Gasteiger partial charge in [-0.05, 0) is 32.9 Å². The Kier molecular flexibility index (Phi) is 6.37. The molecule has 1 heterocycles. The maximum atomic E-state index is 13.0. The molecule has 0 aliphatic carbocycles. The third-order valence-corrected chi connectivity index (χ3v) is 4.68. The molecule has 0 spiro atoms. The monoisotopic (exact) mass is 374 g/mol. The van der Waals surface area contributed by atoms with Gasteiger partial charge < -0.3 is 9.80 Å². The van der Waals surface area contributed by atoms with Gasteiger partial charge in [0.2, 0.25) is 0 Å². The second kappa shape index (κ2) is 9.13. The third kappa shape index (κ3) is 4.19. The van der Waals surface area contributed by atoms with Crippen molar-refractivity contribution in [1.82, 2.24) is 14.9 Å². The molecule has 0 radical (unpaired) electrons. The molecule has 2 aromatic carbocycles. The molecule has 144 valence electrons. The van der Waals surface area contributed by atoms with Crippen LogP contribution in [0.4, 0.5) is 11.5 Å². The molecule has 0 aliphatic rings. The van der Waals surface area contributed by atoms with Crippen molar-refractivity contribution in [1.29, 1.82) is 0 Å². The van der Waals surface area contributed by atoms with E-state index < -0.39 is 0 Å². The van der Waals surface area contributed by atoms with Crippen molar-refractivity contribution < 1.29 is 4.79 Å². The van der Waals surface area contributed by atoms with E-state index in [1.165, 1.54) is 0 Å². The van der Waals surface area contributed by atoms with Crippen LogP contribution < -0.4 is 4.90 Å². The molecule has 0 N–H and O–H groups in total. The minimum Gasteiger partial charge on any atom is -0.338 e. The van der Waals surface area contributed by atoms with Crippen LogP contribution in [0.2, 0.25) is 0 Å². The van der Waals surface area contributed by atoms with Gasteiger partial charge in [-0.15, -0.1) is 0 Å². The summed E-state index contributed by atoms with van der Waals surface area (Å²) in [6.07, 6.45) is 0. The lowest BCUT2D eigenvalue weighted by molar-refractivity contribution is 0.0767. The van der Waals surface area contributed by atoms with Gasteiger partial charge in [-0.1, -0.05) is 48.5 Å². The summed E-state index contributed by atoms with van der Waals surface area (Å²) in [6.45, 7) is 8.04. The van der Waals surface area contributed by atoms with Crippen LogP contribution in [0.15, 0.2) is 66.7 Å². The average molecular weight is 374 g/mol. The first kappa shape index (κ1) is 19.5. The highest BCUT2D eigenvalue weighted by molar-refractivity contribution is 5.93. The number of nitrogens with zero attached hydrogens (tertiary/aromatic N) is 4. The second-order valence-corrected chi connectivity index (χ2v) is 6.36. The zero-order valence-electron chi connectivity index (χ0n) is 16.7. The Balaban J connectivity index is 2.13. The Morgan fingerprint density at radius 1 is 0.821 bits per heavy atom. The van der Waals surface area contributed by atoms with Crippen molar-refractivity contribution in [3.8, 4) is 11.4 Å². The van der Waals surface area contributed by atoms with Crippen LogP contribution >= 0.6 is 0 Å². The van der Waals surface area contributed by atoms with E-state index in [1.54, 1.807) is 11.0 Å². The summed E-state index contributed by atoms with van der Waals surface area (Å²) in [4.78, 5) is 26.3. The van der Waals surface area contributed by atoms with Crippen molar-refractivity contribution in [3.05, 3.63) is 72.4 Å². The topological polar surface area (TPSA) is 49.3 Å². The molecule has 5 heteroatoms. The maximum Gasteiger partial charge on any atom is 0.272 e. The highest BCUT2D eigenvalue weighted by Gasteiger charge is 2.20. The molecule has 1 amide bonds. The number of carbonyl (C=O) groups is 1. The van der Waals surface area contributed by atoms with Crippen molar-refractivity contribution in [3.63, 3.8) is 0 Å². The van der Waals surface area contributed by atoms with Crippen LogP contribution in [0.5, 0.6) is 0 Å². The fourth-order valence-corrected chi connectivity index (χ4v) is 3.16. The smallest absolute Gasteiger partial charge is 0.272 e. The van der Waals surface area contributed by atoms with Crippen LogP contribution in [-0.4, -0.2) is 40.4 Å². The average Bonchev–Trinajstić information content (AvgIpc) is 2.76. The SMILES string of the molecule is CCN(CC)C(=O)c1cc(N(CC)c2ccccc2)nc(-c2ccccc2)n1. The van der Waals surface area contributed by atoms with E-state index in [2.05, 4.69) is 16.8 Å². The number of hydrogen-bond donors (Lipinski definition) is 0. The van der Waals surface area contributed by atoms with E-state index >= 15 is 0 Å². The number of aromatic nitrogens is 2. The van der Waals surface area contributed by atoms with E-state index in [4.69, 9.17) is 4.98 Å². The van der Waals surface area contributed by atoms with Crippen LogP contribution in [0, 0.1) is 0 Å². The summed E-state index contributed by atoms with van der Waals surface area (Å²) in [6, 6.07) is 21.6. The van der Waals surface area contributed by atoms with E-state index in [-0.39, 0.29) is 5.91 Å². The van der Waals surface area contributed by atoms with E-state index in [9.17, 15) is 4.79 Å². The number of rotatable bonds is 7. The van der Waals surface area contributed by atoms with Gasteiger partial charge in [-0.3, -0.25) is 4.79 Å². The lowest BCUT2D eigenvalue weighted by atomic mass is 10.2. The first-order valence-corrected chi connectivity index (χ1v) is 9.74. The zero-order chi connectivity index (χ0) is 19.9. The Labute approximate surface area is 166 Å². The van der Waals surface area contributed by atoms with Gasteiger partial charge in [0.15, 0.2) is 5.82 Å². The number of para-hydroxylation sites is 1. The van der Waals surface area contributed by atoms with E-state index in [0.717, 1.165) is 23.6 Å². The zero-order valence-corrected chi connectivity index (χ0v) is 16.7. The second-order valence-electron chi connectivity index (χ2n) is 6.36. The number of carbonyl (C=O) groups excluding carboxylic acids is 1. The van der Waals surface area contributed by atoms with Gasteiger partial charge in [0.1, 0.15) is 11.5 Å². The number of benzene rings is 2. The Morgan fingerprint density at radius 2 is 1.43 bits per heavy atom. The normalized spacial score (nSPS) is 10.5. The Morgan fingerprint density at radius 3 is 2.00 bits per heavy atom. The van der Waals surface area contributed by atoms with Crippen LogP contribution in [0.3, 0.4) is 0 Å². The van der Waals surface area contributed by atoms with Crippen LogP contribution in [-0.2, 0) is 0 Å². The first-order chi connectivity index (χ1) is 13.7. The minimum absolute atomic E-state index is 0.0741. The molecule has 28 heavy (non-hydrogen) atoms. The van der Waals surface area contributed by atoms with Crippen molar-refractivity contribution >= 4 is 17.4 Å². The molecule has 0 atom stereocenters. The van der Waals surface area contributed by atoms with Gasteiger partial charge in [0, 0.05) is 37.0 Å². The number of hydrogen-bond acceptors (Lipinski definition) is 4. The Hall–Kier alpha value is -3.21. The summed E-state index contributed by atoms with van der Waals surface area (Å²) in [5.41, 5.74) is 2.34. The first-order valence-electron chi connectivity index (χ1n) is 9.74. The summed E-state index contributed by atoms with van der Waals surface area (Å²) in [5, 5.41) is 0. The predicted octanol–water partition coefficient (Wildman–Crippen LogP) is 4.78. The van der Waals surface area contributed by atoms with E-state index in [1.807, 2.05) is 74.5 Å². The number of amides is 1. The van der Waals surface area contributed by atoms with Crippen molar-refractivity contribution in [2.24, 2.45) is 0 Å². The molecule has 1 aromatic heterocycles. The minimum atomic E-state index is -0.0741. The molecule has 3 rings (SSSR count). The lowest BCUT2D eigenvalue weighted by Crippen LogP contribution is -2.31. The molecule has 3 aromatic rings. The molecule has 0 saturated carbocycles. The van der Waals surface area contributed by atoms with Gasteiger partial charge >= 0.3 is 0 Å². The van der Waals surface area contributed by atoms with Gasteiger partial charge in [-0.25, -0.2) is 9.97 Å². The van der Waals surface area contributed by atoms with Crippen molar-refractivity contribution in [2.45, 2.75) is 20.8 Å². The summed E-state index contributed by atoms with van der Waals surface area (Å²) in [5.74, 6) is 1.20. The molecule has 0 aliphatic heterocycles. The van der Waals surface area contributed by atoms with Gasteiger partial charge in [0.05, 0.1) is 0 Å². The lowest BCUT2D eigenvalue weighted by Gasteiger charge is -2.24. The quantitative estimate of drug-likeness (QED) is 0.597. The molecular weight excluding hydrogens is 348 g/mol. The summed E-state index contributed by atoms with van der Waals surface area (Å²) in [7, 11) is 0. The fraction of sp³-hybridized carbons (Fsp3) is 0.261. The van der Waals surface area contributed by atoms with Crippen LogP contribution in [0.1, 0.15) is 31.3 Å². The standard InChI is InChI=1S/C23H26N4O/c1-4-26(5-2)23(28)20-17-21(27(6-3)19-15-11-8-12-16-19)25-22(24-20)18-13-9-7-10-14-18/h7-17H,4-6H2,1-3H3. The number of anilines is 2. The molecule has 5 nitrogen and oxygen atoms in total. The molecule has 0 fully saturated rings. The predicted molar refractivity (Wildman–Crippen MR) is 114 cm³/mol. The Bertz CT molecular complexity index is 908. The van der Waals surface area contributed by atoms with Crippen molar-refractivity contribution in [2.75, 3.05) is 24.5 Å². The fourth-order valence-electron chi connectivity index (χ4n) is 3.16. The molecule has 0 saturated heterocycles. The molecule has 0 unspecified atom stereocenters. The largest absolute Gasteiger partial charge is 0.338 e. The van der Waals surface area contributed by atoms with Gasteiger partial charge in [0.25, 0.3) is 5.91 Å².